The molecule has 1 atom stereocenters. The van der Waals surface area contributed by atoms with Gasteiger partial charge in [-0.1, -0.05) is 31.9 Å². The van der Waals surface area contributed by atoms with Gasteiger partial charge in [0.25, 0.3) is 0 Å². The van der Waals surface area contributed by atoms with Crippen molar-refractivity contribution in [3.63, 3.8) is 0 Å². The quantitative estimate of drug-likeness (QED) is 0.814. The topological polar surface area (TPSA) is 38.0 Å². The summed E-state index contributed by atoms with van der Waals surface area (Å²) >= 11 is 9.41. The lowest BCUT2D eigenvalue weighted by molar-refractivity contribution is 0.422. The molecule has 0 saturated carbocycles. The van der Waals surface area contributed by atoms with E-state index >= 15 is 0 Å². The zero-order valence-electron chi connectivity index (χ0n) is 10.4. The third kappa shape index (κ3) is 3.87. The molecule has 0 aliphatic carbocycles. The van der Waals surface area contributed by atoms with Crippen LogP contribution < -0.4 is 11.1 Å². The maximum Gasteiger partial charge on any atom is 0.0549 e. The Bertz CT molecular complexity index is 364. The molecule has 0 aliphatic heterocycles. The number of hydrogen-bond donors (Lipinski definition) is 2. The minimum atomic E-state index is -0.0119. The number of halogens is 2. The molecule has 3 N–H and O–H groups in total. The Morgan fingerprint density at radius 1 is 1.41 bits per heavy atom. The second-order valence-corrected chi connectivity index (χ2v) is 5.60. The molecular formula is C13H20BrClN2. The Kier molecular flexibility index (Phi) is 5.77. The number of rotatable bonds is 6. The van der Waals surface area contributed by atoms with Crippen LogP contribution in [0.1, 0.15) is 33.1 Å². The van der Waals surface area contributed by atoms with Crippen LogP contribution in [0.25, 0.3) is 0 Å². The first-order valence-electron chi connectivity index (χ1n) is 6.00. The number of hydrogen-bond acceptors (Lipinski definition) is 2. The zero-order valence-corrected chi connectivity index (χ0v) is 12.7. The monoisotopic (exact) mass is 318 g/mol. The first-order valence-corrected chi connectivity index (χ1v) is 7.17. The van der Waals surface area contributed by atoms with Gasteiger partial charge in [-0.05, 0) is 47.0 Å². The van der Waals surface area contributed by atoms with Gasteiger partial charge >= 0.3 is 0 Å². The molecule has 4 heteroatoms. The average molecular weight is 320 g/mol. The van der Waals surface area contributed by atoms with Gasteiger partial charge in [0.1, 0.15) is 0 Å². The molecule has 1 aromatic carbocycles. The fourth-order valence-corrected chi connectivity index (χ4v) is 2.48. The first-order chi connectivity index (χ1) is 8.06. The van der Waals surface area contributed by atoms with Crippen LogP contribution in [0.3, 0.4) is 0 Å². The van der Waals surface area contributed by atoms with Crippen molar-refractivity contribution in [2.24, 2.45) is 5.73 Å². The third-order valence-corrected chi connectivity index (χ3v) is 4.34. The van der Waals surface area contributed by atoms with E-state index in [9.17, 15) is 0 Å². The highest BCUT2D eigenvalue weighted by Crippen LogP contribution is 2.29. The molecular weight excluding hydrogens is 300 g/mol. The second-order valence-electron chi connectivity index (χ2n) is 4.34. The number of nitrogens with two attached hydrogens (primary N) is 1. The Morgan fingerprint density at radius 3 is 2.59 bits per heavy atom. The van der Waals surface area contributed by atoms with Crippen LogP contribution in [0.15, 0.2) is 22.7 Å². The summed E-state index contributed by atoms with van der Waals surface area (Å²) in [7, 11) is 0. The number of benzene rings is 1. The van der Waals surface area contributed by atoms with E-state index in [-0.39, 0.29) is 5.54 Å². The molecule has 0 spiro atoms. The molecule has 0 saturated heterocycles. The molecule has 0 fully saturated rings. The standard InChI is InChI=1S/C13H20BrClN2/c1-3-7-13(4-2,9-16)17-10-5-6-12(15)11(14)8-10/h5-6,8,17H,3-4,7,9,16H2,1-2H3. The van der Waals surface area contributed by atoms with Gasteiger partial charge in [-0.2, -0.15) is 0 Å². The van der Waals surface area contributed by atoms with Gasteiger partial charge in [0, 0.05) is 22.2 Å². The van der Waals surface area contributed by atoms with E-state index in [4.69, 9.17) is 17.3 Å². The molecule has 1 unspecified atom stereocenters. The van der Waals surface area contributed by atoms with Crippen molar-refractivity contribution in [2.45, 2.75) is 38.6 Å². The van der Waals surface area contributed by atoms with Crippen LogP contribution in [-0.2, 0) is 0 Å². The van der Waals surface area contributed by atoms with E-state index in [1.54, 1.807) is 0 Å². The van der Waals surface area contributed by atoms with Gasteiger partial charge < -0.3 is 11.1 Å². The van der Waals surface area contributed by atoms with Crippen LogP contribution in [0.4, 0.5) is 5.69 Å². The Hall–Kier alpha value is -0.250. The van der Waals surface area contributed by atoms with E-state index in [1.807, 2.05) is 18.2 Å². The molecule has 96 valence electrons. The predicted molar refractivity (Wildman–Crippen MR) is 79.8 cm³/mol. The summed E-state index contributed by atoms with van der Waals surface area (Å²) in [4.78, 5) is 0. The summed E-state index contributed by atoms with van der Waals surface area (Å²) in [5, 5.41) is 4.27. The van der Waals surface area contributed by atoms with Crippen LogP contribution in [0.5, 0.6) is 0 Å². The smallest absolute Gasteiger partial charge is 0.0549 e. The summed E-state index contributed by atoms with van der Waals surface area (Å²) in [5.74, 6) is 0. The highest BCUT2D eigenvalue weighted by molar-refractivity contribution is 9.10. The summed E-state index contributed by atoms with van der Waals surface area (Å²) in [5.41, 5.74) is 6.97. The van der Waals surface area contributed by atoms with E-state index in [0.717, 1.165) is 34.4 Å². The molecule has 0 radical (unpaired) electrons. The largest absolute Gasteiger partial charge is 0.378 e. The highest BCUT2D eigenvalue weighted by atomic mass is 79.9. The lowest BCUT2D eigenvalue weighted by atomic mass is 9.90. The molecule has 0 bridgehead atoms. The molecule has 0 aliphatic rings. The lowest BCUT2D eigenvalue weighted by Crippen LogP contribution is -2.44. The minimum Gasteiger partial charge on any atom is -0.378 e. The molecule has 0 aromatic heterocycles. The van der Waals surface area contributed by atoms with Crippen molar-refractivity contribution in [2.75, 3.05) is 11.9 Å². The van der Waals surface area contributed by atoms with E-state index in [2.05, 4.69) is 35.1 Å². The Balaban J connectivity index is 2.89. The zero-order chi connectivity index (χ0) is 12.9. The molecule has 17 heavy (non-hydrogen) atoms. The summed E-state index contributed by atoms with van der Waals surface area (Å²) < 4.78 is 0.905. The number of anilines is 1. The average Bonchev–Trinajstić information content (AvgIpc) is 2.33. The van der Waals surface area contributed by atoms with E-state index in [0.29, 0.717) is 6.54 Å². The van der Waals surface area contributed by atoms with Gasteiger partial charge in [0.15, 0.2) is 0 Å². The molecule has 0 amide bonds. The predicted octanol–water partition coefficient (Wildman–Crippen LogP) is 4.42. The third-order valence-electron chi connectivity index (χ3n) is 3.13. The molecule has 0 heterocycles. The molecule has 1 aromatic rings. The van der Waals surface area contributed by atoms with Crippen molar-refractivity contribution in [1.82, 2.24) is 0 Å². The van der Waals surface area contributed by atoms with E-state index < -0.39 is 0 Å². The lowest BCUT2D eigenvalue weighted by Gasteiger charge is -2.33. The van der Waals surface area contributed by atoms with Crippen LogP contribution in [0, 0.1) is 0 Å². The summed E-state index contributed by atoms with van der Waals surface area (Å²) in [6.07, 6.45) is 3.20. The fraction of sp³-hybridized carbons (Fsp3) is 0.538. The molecule has 1 rings (SSSR count). The van der Waals surface area contributed by atoms with Gasteiger partial charge in [-0.15, -0.1) is 0 Å². The van der Waals surface area contributed by atoms with Crippen molar-refractivity contribution in [1.29, 1.82) is 0 Å². The second kappa shape index (κ2) is 6.62. The summed E-state index contributed by atoms with van der Waals surface area (Å²) in [6.45, 7) is 4.98. The maximum absolute atomic E-state index is 5.98. The van der Waals surface area contributed by atoms with Crippen LogP contribution >= 0.6 is 27.5 Å². The van der Waals surface area contributed by atoms with Gasteiger partial charge in [0.2, 0.25) is 0 Å². The SMILES string of the molecule is CCCC(CC)(CN)Nc1ccc(Cl)c(Br)c1. The summed E-state index contributed by atoms with van der Waals surface area (Å²) in [6, 6.07) is 5.87. The van der Waals surface area contributed by atoms with Gasteiger partial charge in [-0.3, -0.25) is 0 Å². The first kappa shape index (κ1) is 14.8. The fourth-order valence-electron chi connectivity index (χ4n) is 1.98. The maximum atomic E-state index is 5.98. The minimum absolute atomic E-state index is 0.0119. The van der Waals surface area contributed by atoms with Crippen molar-refractivity contribution >= 4 is 33.2 Å². The Morgan fingerprint density at radius 2 is 2.12 bits per heavy atom. The highest BCUT2D eigenvalue weighted by Gasteiger charge is 2.25. The number of nitrogens with one attached hydrogen (secondary N) is 1. The normalized spacial score (nSPS) is 14.4. The van der Waals surface area contributed by atoms with Crippen molar-refractivity contribution < 1.29 is 0 Å². The van der Waals surface area contributed by atoms with Gasteiger partial charge in [0.05, 0.1) is 5.02 Å². The van der Waals surface area contributed by atoms with Crippen molar-refractivity contribution in [3.05, 3.63) is 27.7 Å². The molecule has 2 nitrogen and oxygen atoms in total. The van der Waals surface area contributed by atoms with E-state index in [1.165, 1.54) is 0 Å². The Labute approximate surface area is 117 Å². The van der Waals surface area contributed by atoms with Crippen molar-refractivity contribution in [3.8, 4) is 0 Å². The van der Waals surface area contributed by atoms with Crippen LogP contribution in [0.2, 0.25) is 5.02 Å². The van der Waals surface area contributed by atoms with Crippen LogP contribution in [-0.4, -0.2) is 12.1 Å². The van der Waals surface area contributed by atoms with Gasteiger partial charge in [-0.25, -0.2) is 0 Å².